The van der Waals surface area contributed by atoms with Crippen molar-refractivity contribution in [3.05, 3.63) is 10.6 Å². The van der Waals surface area contributed by atoms with E-state index >= 15 is 0 Å². The third-order valence-electron chi connectivity index (χ3n) is 4.21. The van der Waals surface area contributed by atoms with Crippen LogP contribution in [-0.4, -0.2) is 24.2 Å². The third-order valence-corrected chi connectivity index (χ3v) is 5.50. The molecule has 2 aliphatic rings. The van der Waals surface area contributed by atoms with E-state index in [0.717, 1.165) is 35.0 Å². The smallest absolute Gasteiger partial charge is 0.348 e. The maximum absolute atomic E-state index is 12.7. The van der Waals surface area contributed by atoms with Gasteiger partial charge in [0.2, 0.25) is 0 Å². The number of aromatic nitrogens is 1. The van der Waals surface area contributed by atoms with Gasteiger partial charge in [-0.1, -0.05) is 11.3 Å². The number of hydrogen-bond acceptors (Lipinski definition) is 4. The highest BCUT2D eigenvalue weighted by Gasteiger charge is 2.41. The van der Waals surface area contributed by atoms with Gasteiger partial charge in [0.25, 0.3) is 0 Å². The topological polar surface area (TPSA) is 42.1 Å². The van der Waals surface area contributed by atoms with Gasteiger partial charge in [-0.15, -0.1) is 0 Å². The minimum absolute atomic E-state index is 0.0534. The van der Waals surface area contributed by atoms with Crippen molar-refractivity contribution >= 4 is 16.5 Å². The summed E-state index contributed by atoms with van der Waals surface area (Å²) in [6, 6.07) is 0.0534. The largest absolute Gasteiger partial charge is 0.391 e. The van der Waals surface area contributed by atoms with Gasteiger partial charge in [-0.2, -0.15) is 13.2 Å². The molecule has 112 valence electrons. The summed E-state index contributed by atoms with van der Waals surface area (Å²) in [6.07, 6.45) is -0.757. The van der Waals surface area contributed by atoms with Crippen molar-refractivity contribution in [2.24, 2.45) is 11.7 Å². The van der Waals surface area contributed by atoms with Gasteiger partial charge < -0.3 is 10.6 Å². The molecule has 1 saturated heterocycles. The molecule has 0 saturated carbocycles. The van der Waals surface area contributed by atoms with Gasteiger partial charge in [0.05, 0.1) is 11.6 Å². The van der Waals surface area contributed by atoms with Crippen LogP contribution in [0, 0.1) is 5.92 Å². The Morgan fingerprint density at radius 1 is 1.20 bits per heavy atom. The molecule has 0 amide bonds. The molecule has 1 atom stereocenters. The standard InChI is InChI=1S/C13H18F3N3S/c14-13(15,16)8-4-6-19(7-5-8)12-18-10-3-1-2-9(17)11(10)20-12/h8-9H,1-7,17H2. The minimum atomic E-state index is -4.06. The summed E-state index contributed by atoms with van der Waals surface area (Å²) in [7, 11) is 0. The number of anilines is 1. The van der Waals surface area contributed by atoms with E-state index in [1.807, 2.05) is 4.90 Å². The van der Waals surface area contributed by atoms with Gasteiger partial charge in [-0.3, -0.25) is 0 Å². The maximum Gasteiger partial charge on any atom is 0.391 e. The predicted molar refractivity (Wildman–Crippen MR) is 73.0 cm³/mol. The third kappa shape index (κ3) is 2.65. The molecule has 1 aliphatic carbocycles. The molecule has 1 aromatic rings. The van der Waals surface area contributed by atoms with E-state index < -0.39 is 12.1 Å². The van der Waals surface area contributed by atoms with Gasteiger partial charge >= 0.3 is 6.18 Å². The molecule has 20 heavy (non-hydrogen) atoms. The number of alkyl halides is 3. The van der Waals surface area contributed by atoms with Gasteiger partial charge in [-0.05, 0) is 32.1 Å². The fourth-order valence-corrected chi connectivity index (χ4v) is 4.17. The summed E-state index contributed by atoms with van der Waals surface area (Å²) in [5.41, 5.74) is 7.13. The van der Waals surface area contributed by atoms with Crippen molar-refractivity contribution in [3.63, 3.8) is 0 Å². The highest BCUT2D eigenvalue weighted by molar-refractivity contribution is 7.15. The first-order chi connectivity index (χ1) is 9.45. The molecule has 7 heteroatoms. The lowest BCUT2D eigenvalue weighted by Gasteiger charge is -2.32. The summed E-state index contributed by atoms with van der Waals surface area (Å²) in [6.45, 7) is 0.873. The Hall–Kier alpha value is -0.820. The molecule has 1 unspecified atom stereocenters. The second kappa shape index (κ2) is 5.18. The number of halogens is 3. The fraction of sp³-hybridized carbons (Fsp3) is 0.769. The number of thiazole rings is 1. The van der Waals surface area contributed by atoms with Gasteiger partial charge in [0.1, 0.15) is 0 Å². The van der Waals surface area contributed by atoms with E-state index in [-0.39, 0.29) is 18.9 Å². The second-order valence-corrected chi connectivity index (χ2v) is 6.62. The molecule has 0 aromatic carbocycles. The number of fused-ring (bicyclic) bond motifs is 1. The van der Waals surface area contributed by atoms with Crippen molar-refractivity contribution in [1.82, 2.24) is 4.98 Å². The number of nitrogens with two attached hydrogens (primary N) is 1. The summed E-state index contributed by atoms with van der Waals surface area (Å²) in [4.78, 5) is 7.71. The Bertz CT molecular complexity index is 478. The van der Waals surface area contributed by atoms with Crippen molar-refractivity contribution < 1.29 is 13.2 Å². The Kier molecular flexibility index (Phi) is 3.66. The molecule has 3 nitrogen and oxygen atoms in total. The average Bonchev–Trinajstić information content (AvgIpc) is 2.83. The molecule has 3 rings (SSSR count). The normalized spacial score (nSPS) is 24.8. The van der Waals surface area contributed by atoms with Gasteiger partial charge in [0, 0.05) is 24.0 Å². The summed E-state index contributed by atoms with van der Waals surface area (Å²) in [5, 5.41) is 0.855. The van der Waals surface area contributed by atoms with Crippen LogP contribution in [0.5, 0.6) is 0 Å². The first-order valence-electron chi connectivity index (χ1n) is 7.02. The SMILES string of the molecule is NC1CCCc2nc(N3CCC(C(F)(F)F)CC3)sc21. The number of rotatable bonds is 1. The van der Waals surface area contributed by atoms with Crippen LogP contribution >= 0.6 is 11.3 Å². The van der Waals surface area contributed by atoms with E-state index in [1.54, 1.807) is 11.3 Å². The van der Waals surface area contributed by atoms with E-state index in [2.05, 4.69) is 4.98 Å². The molecule has 1 aromatic heterocycles. The lowest BCUT2D eigenvalue weighted by Crippen LogP contribution is -2.38. The van der Waals surface area contributed by atoms with Crippen LogP contribution in [0.4, 0.5) is 18.3 Å². The molecule has 0 spiro atoms. The molecular weight excluding hydrogens is 287 g/mol. The Balaban J connectivity index is 1.70. The van der Waals surface area contributed by atoms with Crippen molar-refractivity contribution in [2.75, 3.05) is 18.0 Å². The van der Waals surface area contributed by atoms with Crippen molar-refractivity contribution in [3.8, 4) is 0 Å². The summed E-state index contributed by atoms with van der Waals surface area (Å²) >= 11 is 1.57. The van der Waals surface area contributed by atoms with E-state index in [9.17, 15) is 13.2 Å². The van der Waals surface area contributed by atoms with Crippen molar-refractivity contribution in [1.29, 1.82) is 0 Å². The number of hydrogen-bond donors (Lipinski definition) is 1. The lowest BCUT2D eigenvalue weighted by atomic mass is 9.97. The monoisotopic (exact) mass is 305 g/mol. The average molecular weight is 305 g/mol. The highest BCUT2D eigenvalue weighted by atomic mass is 32.1. The molecule has 0 radical (unpaired) electrons. The zero-order chi connectivity index (χ0) is 14.3. The summed E-state index contributed by atoms with van der Waals surface area (Å²) in [5.74, 6) is -1.16. The van der Waals surface area contributed by atoms with Crippen LogP contribution in [0.1, 0.15) is 42.3 Å². The summed E-state index contributed by atoms with van der Waals surface area (Å²) < 4.78 is 38.0. The Morgan fingerprint density at radius 2 is 1.90 bits per heavy atom. The van der Waals surface area contributed by atoms with Crippen LogP contribution in [0.25, 0.3) is 0 Å². The second-order valence-electron chi connectivity index (χ2n) is 5.61. The fourth-order valence-electron chi connectivity index (χ4n) is 2.97. The van der Waals surface area contributed by atoms with Crippen LogP contribution in [0.2, 0.25) is 0 Å². The molecular formula is C13H18F3N3S. The zero-order valence-electron chi connectivity index (χ0n) is 11.1. The molecule has 2 heterocycles. The number of nitrogens with zero attached hydrogens (tertiary/aromatic N) is 2. The minimum Gasteiger partial charge on any atom is -0.348 e. The van der Waals surface area contributed by atoms with E-state index in [0.29, 0.717) is 13.1 Å². The predicted octanol–water partition coefficient (Wildman–Crippen LogP) is 3.26. The molecule has 2 N–H and O–H groups in total. The van der Waals surface area contributed by atoms with Crippen LogP contribution in [0.3, 0.4) is 0 Å². The first kappa shape index (κ1) is 14.1. The van der Waals surface area contributed by atoms with Crippen molar-refractivity contribution in [2.45, 2.75) is 44.3 Å². The van der Waals surface area contributed by atoms with Gasteiger partial charge in [-0.25, -0.2) is 4.98 Å². The highest BCUT2D eigenvalue weighted by Crippen LogP contribution is 2.39. The molecule has 0 bridgehead atoms. The molecule has 1 aliphatic heterocycles. The van der Waals surface area contributed by atoms with Crippen LogP contribution in [0.15, 0.2) is 0 Å². The molecule has 1 fully saturated rings. The Morgan fingerprint density at radius 3 is 2.50 bits per heavy atom. The zero-order valence-corrected chi connectivity index (χ0v) is 11.9. The lowest BCUT2D eigenvalue weighted by molar-refractivity contribution is -0.179. The number of aryl methyl sites for hydroxylation is 1. The van der Waals surface area contributed by atoms with Crippen LogP contribution < -0.4 is 10.6 Å². The number of piperidine rings is 1. The maximum atomic E-state index is 12.7. The van der Waals surface area contributed by atoms with E-state index in [4.69, 9.17) is 5.73 Å². The van der Waals surface area contributed by atoms with Gasteiger partial charge in [0.15, 0.2) is 5.13 Å². The van der Waals surface area contributed by atoms with E-state index in [1.165, 1.54) is 0 Å². The first-order valence-corrected chi connectivity index (χ1v) is 7.83. The Labute approximate surface area is 120 Å². The van der Waals surface area contributed by atoms with Crippen LogP contribution in [-0.2, 0) is 6.42 Å². The quantitative estimate of drug-likeness (QED) is 0.866.